The van der Waals surface area contributed by atoms with Crippen LogP contribution >= 0.6 is 27.3 Å². The van der Waals surface area contributed by atoms with Crippen LogP contribution in [0.1, 0.15) is 16.1 Å². The molecule has 0 bridgehead atoms. The lowest BCUT2D eigenvalue weighted by Gasteiger charge is -2.00. The van der Waals surface area contributed by atoms with Gasteiger partial charge in [-0.25, -0.2) is 4.98 Å². The SMILES string of the molecule is Cc1sc(N)nc1CCc1ccc(Br)cc1. The van der Waals surface area contributed by atoms with E-state index in [1.165, 1.54) is 10.4 Å². The van der Waals surface area contributed by atoms with E-state index in [2.05, 4.69) is 52.1 Å². The van der Waals surface area contributed by atoms with Crippen LogP contribution in [0.5, 0.6) is 0 Å². The first-order valence-corrected chi connectivity index (χ1v) is 6.72. The van der Waals surface area contributed by atoms with Gasteiger partial charge >= 0.3 is 0 Å². The Morgan fingerprint density at radius 1 is 1.25 bits per heavy atom. The molecular formula is C12H13BrN2S. The number of halogens is 1. The first-order chi connectivity index (χ1) is 7.65. The molecule has 2 rings (SSSR count). The Labute approximate surface area is 108 Å². The van der Waals surface area contributed by atoms with E-state index in [4.69, 9.17) is 5.73 Å². The summed E-state index contributed by atoms with van der Waals surface area (Å²) in [4.78, 5) is 5.56. The fraction of sp³-hybridized carbons (Fsp3) is 0.250. The zero-order valence-corrected chi connectivity index (χ0v) is 11.4. The summed E-state index contributed by atoms with van der Waals surface area (Å²) in [6, 6.07) is 8.40. The number of hydrogen-bond acceptors (Lipinski definition) is 3. The summed E-state index contributed by atoms with van der Waals surface area (Å²) in [5, 5.41) is 0.670. The van der Waals surface area contributed by atoms with Gasteiger partial charge in [0.1, 0.15) is 0 Å². The Bertz CT molecular complexity index is 476. The fourth-order valence-corrected chi connectivity index (χ4v) is 2.60. The van der Waals surface area contributed by atoms with Crippen molar-refractivity contribution in [1.82, 2.24) is 4.98 Å². The molecule has 0 atom stereocenters. The molecule has 1 aromatic carbocycles. The molecule has 0 aliphatic rings. The molecule has 1 heterocycles. The smallest absolute Gasteiger partial charge is 0.180 e. The second-order valence-corrected chi connectivity index (χ2v) is 5.83. The molecule has 0 spiro atoms. The number of anilines is 1. The molecule has 0 saturated carbocycles. The van der Waals surface area contributed by atoms with Gasteiger partial charge < -0.3 is 5.73 Å². The number of nitrogens with zero attached hydrogens (tertiary/aromatic N) is 1. The van der Waals surface area contributed by atoms with E-state index in [-0.39, 0.29) is 0 Å². The highest BCUT2D eigenvalue weighted by Gasteiger charge is 2.05. The number of nitrogens with two attached hydrogens (primary N) is 1. The molecule has 0 aliphatic heterocycles. The van der Waals surface area contributed by atoms with Crippen molar-refractivity contribution in [2.45, 2.75) is 19.8 Å². The number of hydrogen-bond donors (Lipinski definition) is 1. The maximum absolute atomic E-state index is 5.67. The van der Waals surface area contributed by atoms with E-state index in [1.54, 1.807) is 11.3 Å². The van der Waals surface area contributed by atoms with Crippen molar-refractivity contribution >= 4 is 32.4 Å². The molecular weight excluding hydrogens is 284 g/mol. The number of aryl methyl sites for hydroxylation is 3. The van der Waals surface area contributed by atoms with Gasteiger partial charge in [0.25, 0.3) is 0 Å². The van der Waals surface area contributed by atoms with Crippen LogP contribution in [0.25, 0.3) is 0 Å². The molecule has 0 fully saturated rings. The van der Waals surface area contributed by atoms with Crippen LogP contribution in [-0.2, 0) is 12.8 Å². The Kier molecular flexibility index (Phi) is 3.61. The predicted octanol–water partition coefficient (Wildman–Crippen LogP) is 3.58. The minimum Gasteiger partial charge on any atom is -0.375 e. The Hall–Kier alpha value is -0.870. The summed E-state index contributed by atoms with van der Waals surface area (Å²) in [5.74, 6) is 0. The molecule has 1 aromatic heterocycles. The van der Waals surface area contributed by atoms with Gasteiger partial charge in [-0.1, -0.05) is 28.1 Å². The van der Waals surface area contributed by atoms with E-state index < -0.39 is 0 Å². The molecule has 0 amide bonds. The minimum absolute atomic E-state index is 0.670. The normalized spacial score (nSPS) is 10.6. The van der Waals surface area contributed by atoms with Gasteiger partial charge in [-0.15, -0.1) is 11.3 Å². The number of aromatic nitrogens is 1. The van der Waals surface area contributed by atoms with Crippen molar-refractivity contribution < 1.29 is 0 Å². The third-order valence-electron chi connectivity index (χ3n) is 2.47. The number of nitrogen functional groups attached to an aromatic ring is 1. The zero-order valence-electron chi connectivity index (χ0n) is 9.03. The monoisotopic (exact) mass is 296 g/mol. The largest absolute Gasteiger partial charge is 0.375 e. The van der Waals surface area contributed by atoms with Crippen LogP contribution in [0, 0.1) is 6.92 Å². The van der Waals surface area contributed by atoms with Crippen LogP contribution in [0.15, 0.2) is 28.7 Å². The Balaban J connectivity index is 2.02. The summed E-state index contributed by atoms with van der Waals surface area (Å²) in [5.41, 5.74) is 8.13. The number of rotatable bonds is 3. The standard InChI is InChI=1S/C12H13BrN2S/c1-8-11(15-12(14)16-8)7-4-9-2-5-10(13)6-3-9/h2-3,5-6H,4,7H2,1H3,(H2,14,15). The molecule has 4 heteroatoms. The average Bonchev–Trinajstić information content (AvgIpc) is 2.57. The van der Waals surface area contributed by atoms with E-state index in [1.807, 2.05) is 0 Å². The Morgan fingerprint density at radius 3 is 2.50 bits per heavy atom. The van der Waals surface area contributed by atoms with Crippen LogP contribution in [0.2, 0.25) is 0 Å². The van der Waals surface area contributed by atoms with Crippen molar-refractivity contribution in [3.05, 3.63) is 44.9 Å². The van der Waals surface area contributed by atoms with Gasteiger partial charge in [-0.05, 0) is 37.5 Å². The number of thiazole rings is 1. The second-order valence-electron chi connectivity index (χ2n) is 3.68. The van der Waals surface area contributed by atoms with Gasteiger partial charge in [0.05, 0.1) is 5.69 Å². The quantitative estimate of drug-likeness (QED) is 0.940. The first-order valence-electron chi connectivity index (χ1n) is 5.11. The zero-order chi connectivity index (χ0) is 11.5. The second kappa shape index (κ2) is 4.97. The van der Waals surface area contributed by atoms with Crippen LogP contribution in [0.3, 0.4) is 0 Å². The van der Waals surface area contributed by atoms with E-state index in [9.17, 15) is 0 Å². The molecule has 0 saturated heterocycles. The van der Waals surface area contributed by atoms with Crippen molar-refractivity contribution in [1.29, 1.82) is 0 Å². The van der Waals surface area contributed by atoms with Crippen molar-refractivity contribution in [2.75, 3.05) is 5.73 Å². The fourth-order valence-electron chi connectivity index (χ4n) is 1.60. The summed E-state index contributed by atoms with van der Waals surface area (Å²) >= 11 is 5.00. The third-order valence-corrected chi connectivity index (χ3v) is 3.84. The lowest BCUT2D eigenvalue weighted by atomic mass is 10.1. The maximum atomic E-state index is 5.67. The number of benzene rings is 1. The highest BCUT2D eigenvalue weighted by atomic mass is 79.9. The van der Waals surface area contributed by atoms with Crippen LogP contribution in [0.4, 0.5) is 5.13 Å². The molecule has 84 valence electrons. The molecule has 2 aromatic rings. The molecule has 16 heavy (non-hydrogen) atoms. The average molecular weight is 297 g/mol. The van der Waals surface area contributed by atoms with Gasteiger partial charge in [0, 0.05) is 9.35 Å². The van der Waals surface area contributed by atoms with Crippen molar-refractivity contribution in [3.63, 3.8) is 0 Å². The van der Waals surface area contributed by atoms with E-state index >= 15 is 0 Å². The third kappa shape index (κ3) is 2.83. The molecule has 2 N–H and O–H groups in total. The first kappa shape index (κ1) is 11.6. The van der Waals surface area contributed by atoms with Crippen molar-refractivity contribution in [3.8, 4) is 0 Å². The summed E-state index contributed by atoms with van der Waals surface area (Å²) < 4.78 is 1.12. The lowest BCUT2D eigenvalue weighted by molar-refractivity contribution is 0.918. The lowest BCUT2D eigenvalue weighted by Crippen LogP contribution is -1.94. The van der Waals surface area contributed by atoms with Gasteiger partial charge in [0.15, 0.2) is 5.13 Å². The van der Waals surface area contributed by atoms with E-state index in [0.717, 1.165) is 23.0 Å². The van der Waals surface area contributed by atoms with E-state index in [0.29, 0.717) is 5.13 Å². The topological polar surface area (TPSA) is 38.9 Å². The highest BCUT2D eigenvalue weighted by molar-refractivity contribution is 9.10. The summed E-state index contributed by atoms with van der Waals surface area (Å²) in [6.45, 7) is 2.07. The van der Waals surface area contributed by atoms with Gasteiger partial charge in [-0.3, -0.25) is 0 Å². The van der Waals surface area contributed by atoms with Gasteiger partial charge in [-0.2, -0.15) is 0 Å². The summed E-state index contributed by atoms with van der Waals surface area (Å²) in [6.07, 6.45) is 1.97. The summed E-state index contributed by atoms with van der Waals surface area (Å²) in [7, 11) is 0. The molecule has 0 aliphatic carbocycles. The Morgan fingerprint density at radius 2 is 1.94 bits per heavy atom. The highest BCUT2D eigenvalue weighted by Crippen LogP contribution is 2.20. The van der Waals surface area contributed by atoms with Crippen molar-refractivity contribution in [2.24, 2.45) is 0 Å². The minimum atomic E-state index is 0.670. The van der Waals surface area contributed by atoms with Crippen LogP contribution in [-0.4, -0.2) is 4.98 Å². The van der Waals surface area contributed by atoms with Gasteiger partial charge in [0.2, 0.25) is 0 Å². The van der Waals surface area contributed by atoms with Crippen LogP contribution < -0.4 is 5.73 Å². The predicted molar refractivity (Wildman–Crippen MR) is 72.8 cm³/mol. The molecule has 0 unspecified atom stereocenters. The molecule has 2 nitrogen and oxygen atoms in total. The molecule has 0 radical (unpaired) electrons. The maximum Gasteiger partial charge on any atom is 0.180 e.